The van der Waals surface area contributed by atoms with Gasteiger partial charge >= 0.3 is 0 Å². The molecule has 0 bridgehead atoms. The average Bonchev–Trinajstić information content (AvgIpc) is 2.42. The van der Waals surface area contributed by atoms with E-state index in [0.29, 0.717) is 0 Å². The van der Waals surface area contributed by atoms with Gasteiger partial charge in [0.05, 0.1) is 13.2 Å². The molecule has 0 radical (unpaired) electrons. The lowest BCUT2D eigenvalue weighted by Crippen LogP contribution is -2.18. The van der Waals surface area contributed by atoms with Gasteiger partial charge in [-0.2, -0.15) is 0 Å². The number of methoxy groups -OCH3 is 1. The van der Waals surface area contributed by atoms with Crippen LogP contribution in [0.5, 0.6) is 5.75 Å². The second-order valence-corrected chi connectivity index (χ2v) is 5.02. The topological polar surface area (TPSA) is 21.3 Å². The minimum Gasteiger partial charge on any atom is -0.497 e. The first-order chi connectivity index (χ1) is 9.15. The largest absolute Gasteiger partial charge is 0.497 e. The highest BCUT2D eigenvalue weighted by atomic mass is 79.9. The minimum absolute atomic E-state index is 0.0971. The number of hydrogen-bond acceptors (Lipinski definition) is 2. The Morgan fingerprint density at radius 1 is 1.21 bits per heavy atom. The van der Waals surface area contributed by atoms with Crippen LogP contribution >= 0.6 is 15.9 Å². The first-order valence-electron chi connectivity index (χ1n) is 5.92. The van der Waals surface area contributed by atoms with Crippen molar-refractivity contribution in [3.63, 3.8) is 0 Å². The van der Waals surface area contributed by atoms with Crippen molar-refractivity contribution in [2.75, 3.05) is 14.2 Å². The van der Waals surface area contributed by atoms with Crippen molar-refractivity contribution < 1.29 is 9.13 Å². The van der Waals surface area contributed by atoms with Gasteiger partial charge in [0.15, 0.2) is 0 Å². The van der Waals surface area contributed by atoms with Crippen LogP contribution in [0.15, 0.2) is 46.9 Å². The Morgan fingerprint density at radius 2 is 2.00 bits per heavy atom. The van der Waals surface area contributed by atoms with Crippen LogP contribution in [-0.2, 0) is 0 Å². The minimum atomic E-state index is -0.239. The van der Waals surface area contributed by atoms with E-state index in [9.17, 15) is 4.39 Å². The van der Waals surface area contributed by atoms with E-state index >= 15 is 0 Å². The van der Waals surface area contributed by atoms with Crippen molar-refractivity contribution in [1.82, 2.24) is 5.32 Å². The second-order valence-electron chi connectivity index (χ2n) is 4.16. The molecule has 0 heterocycles. The number of halogens is 2. The maximum atomic E-state index is 13.4. The van der Waals surface area contributed by atoms with E-state index in [2.05, 4.69) is 21.2 Å². The first-order valence-corrected chi connectivity index (χ1v) is 6.71. The van der Waals surface area contributed by atoms with Crippen LogP contribution in [0.4, 0.5) is 4.39 Å². The normalized spacial score (nSPS) is 12.2. The van der Waals surface area contributed by atoms with E-state index in [-0.39, 0.29) is 11.9 Å². The molecule has 0 saturated carbocycles. The third-order valence-corrected chi connectivity index (χ3v) is 3.71. The summed E-state index contributed by atoms with van der Waals surface area (Å²) < 4.78 is 19.6. The van der Waals surface area contributed by atoms with Gasteiger partial charge in [0.2, 0.25) is 0 Å². The van der Waals surface area contributed by atoms with Crippen molar-refractivity contribution in [2.24, 2.45) is 0 Å². The Kier molecular flexibility index (Phi) is 4.56. The SMILES string of the molecule is CNC(c1cccc(F)c1)c1cc(OC)ccc1Br. The zero-order valence-corrected chi connectivity index (χ0v) is 12.4. The predicted molar refractivity (Wildman–Crippen MR) is 78.0 cm³/mol. The van der Waals surface area contributed by atoms with Crippen molar-refractivity contribution in [3.8, 4) is 5.75 Å². The van der Waals surface area contributed by atoms with E-state index in [4.69, 9.17) is 4.74 Å². The molecular weight excluding hydrogens is 309 g/mol. The summed E-state index contributed by atoms with van der Waals surface area (Å²) in [4.78, 5) is 0. The lowest BCUT2D eigenvalue weighted by Gasteiger charge is -2.19. The number of hydrogen-bond donors (Lipinski definition) is 1. The van der Waals surface area contributed by atoms with Gasteiger partial charge in [-0.3, -0.25) is 0 Å². The molecular formula is C15H15BrFNO. The lowest BCUT2D eigenvalue weighted by molar-refractivity contribution is 0.413. The predicted octanol–water partition coefficient (Wildman–Crippen LogP) is 3.91. The molecule has 0 spiro atoms. The highest BCUT2D eigenvalue weighted by molar-refractivity contribution is 9.10. The zero-order valence-electron chi connectivity index (χ0n) is 10.8. The van der Waals surface area contributed by atoms with Crippen molar-refractivity contribution >= 4 is 15.9 Å². The van der Waals surface area contributed by atoms with Gasteiger partial charge < -0.3 is 10.1 Å². The molecule has 4 heteroatoms. The van der Waals surface area contributed by atoms with Crippen LogP contribution in [0.3, 0.4) is 0 Å². The summed E-state index contributed by atoms with van der Waals surface area (Å²) in [6.07, 6.45) is 0. The van der Waals surface area contributed by atoms with Crippen LogP contribution < -0.4 is 10.1 Å². The molecule has 0 aliphatic carbocycles. The van der Waals surface area contributed by atoms with Gasteiger partial charge in [-0.15, -0.1) is 0 Å². The molecule has 1 unspecified atom stereocenters. The van der Waals surface area contributed by atoms with Gasteiger partial charge in [-0.1, -0.05) is 28.1 Å². The van der Waals surface area contributed by atoms with Crippen LogP contribution in [0.2, 0.25) is 0 Å². The monoisotopic (exact) mass is 323 g/mol. The number of nitrogens with one attached hydrogen (secondary N) is 1. The average molecular weight is 324 g/mol. The summed E-state index contributed by atoms with van der Waals surface area (Å²) in [6, 6.07) is 12.2. The summed E-state index contributed by atoms with van der Waals surface area (Å²) in [7, 11) is 3.48. The van der Waals surface area contributed by atoms with Crippen LogP contribution in [0.1, 0.15) is 17.2 Å². The fourth-order valence-electron chi connectivity index (χ4n) is 2.06. The van der Waals surface area contributed by atoms with Crippen molar-refractivity contribution in [1.29, 1.82) is 0 Å². The standard InChI is InChI=1S/C15H15BrFNO/c1-18-15(10-4-3-5-11(17)8-10)13-9-12(19-2)6-7-14(13)16/h3-9,15,18H,1-2H3. The molecule has 100 valence electrons. The van der Waals surface area contributed by atoms with E-state index < -0.39 is 0 Å². The highest BCUT2D eigenvalue weighted by Crippen LogP contribution is 2.31. The Morgan fingerprint density at radius 3 is 2.63 bits per heavy atom. The fraction of sp³-hybridized carbons (Fsp3) is 0.200. The van der Waals surface area contributed by atoms with Crippen LogP contribution in [0, 0.1) is 5.82 Å². The van der Waals surface area contributed by atoms with Gasteiger partial charge in [-0.05, 0) is 48.5 Å². The molecule has 0 amide bonds. The molecule has 0 aliphatic rings. The van der Waals surface area contributed by atoms with Crippen molar-refractivity contribution in [2.45, 2.75) is 6.04 Å². The van der Waals surface area contributed by atoms with Gasteiger partial charge in [-0.25, -0.2) is 4.39 Å². The molecule has 2 aromatic rings. The molecule has 1 N–H and O–H groups in total. The van der Waals surface area contributed by atoms with E-state index in [1.54, 1.807) is 13.2 Å². The smallest absolute Gasteiger partial charge is 0.123 e. The lowest BCUT2D eigenvalue weighted by atomic mass is 9.98. The summed E-state index contributed by atoms with van der Waals surface area (Å²) in [6.45, 7) is 0. The third-order valence-electron chi connectivity index (χ3n) is 2.98. The summed E-state index contributed by atoms with van der Waals surface area (Å²) in [5, 5.41) is 3.20. The summed E-state index contributed by atoms with van der Waals surface area (Å²) in [5.41, 5.74) is 1.88. The molecule has 0 aliphatic heterocycles. The third kappa shape index (κ3) is 3.14. The number of rotatable bonds is 4. The Balaban J connectivity index is 2.47. The maximum absolute atomic E-state index is 13.4. The molecule has 2 nitrogen and oxygen atoms in total. The molecule has 0 aromatic heterocycles. The van der Waals surface area contributed by atoms with Gasteiger partial charge in [0.1, 0.15) is 11.6 Å². The van der Waals surface area contributed by atoms with Crippen LogP contribution in [0.25, 0.3) is 0 Å². The van der Waals surface area contributed by atoms with Crippen LogP contribution in [-0.4, -0.2) is 14.2 Å². The maximum Gasteiger partial charge on any atom is 0.123 e. The summed E-state index contributed by atoms with van der Waals surface area (Å²) >= 11 is 3.53. The first kappa shape index (κ1) is 14.0. The molecule has 19 heavy (non-hydrogen) atoms. The molecule has 0 saturated heterocycles. The molecule has 2 rings (SSSR count). The quantitative estimate of drug-likeness (QED) is 0.921. The Bertz CT molecular complexity index is 574. The molecule has 0 fully saturated rings. The van der Waals surface area contributed by atoms with E-state index in [0.717, 1.165) is 21.3 Å². The zero-order chi connectivity index (χ0) is 13.8. The molecule has 1 atom stereocenters. The van der Waals surface area contributed by atoms with E-state index in [1.165, 1.54) is 12.1 Å². The Labute approximate surface area is 120 Å². The fourth-order valence-corrected chi connectivity index (χ4v) is 2.53. The van der Waals surface area contributed by atoms with Crippen molar-refractivity contribution in [3.05, 3.63) is 63.9 Å². The number of benzene rings is 2. The second kappa shape index (κ2) is 6.17. The number of ether oxygens (including phenoxy) is 1. The summed E-state index contributed by atoms with van der Waals surface area (Å²) in [5.74, 6) is 0.534. The highest BCUT2D eigenvalue weighted by Gasteiger charge is 2.16. The van der Waals surface area contributed by atoms with E-state index in [1.807, 2.05) is 31.3 Å². The Hall–Kier alpha value is -1.39. The van der Waals surface area contributed by atoms with Gasteiger partial charge in [0.25, 0.3) is 0 Å². The molecule has 2 aromatic carbocycles. The van der Waals surface area contributed by atoms with Gasteiger partial charge in [0, 0.05) is 4.47 Å².